The van der Waals surface area contributed by atoms with Crippen LogP contribution in [0.2, 0.25) is 0 Å². The second-order valence-electron chi connectivity index (χ2n) is 18.0. The van der Waals surface area contributed by atoms with Crippen molar-refractivity contribution in [2.24, 2.45) is 9.98 Å². The van der Waals surface area contributed by atoms with Crippen molar-refractivity contribution >= 4 is 27.8 Å². The molecule has 0 spiro atoms. The van der Waals surface area contributed by atoms with E-state index in [1.54, 1.807) is 0 Å². The zero-order valence-corrected chi connectivity index (χ0v) is 43.2. The summed E-state index contributed by atoms with van der Waals surface area (Å²) in [7, 11) is 0. The average molecular weight is 888 g/mol. The van der Waals surface area contributed by atoms with Gasteiger partial charge in [0.05, 0.1) is 0 Å². The monoisotopic (exact) mass is 887 g/mol. The Morgan fingerprint density at radius 3 is 1.28 bits per heavy atom. The Labute approximate surface area is 395 Å². The van der Waals surface area contributed by atoms with Crippen LogP contribution in [-0.2, 0) is 0 Å². The Bertz CT molecular complexity index is 910. The predicted octanol–water partition coefficient (Wildman–Crippen LogP) is 11.8. The minimum Gasteiger partial charge on any atom is -1.00 e. The summed E-state index contributed by atoms with van der Waals surface area (Å²) in [6.07, 6.45) is 51.5. The van der Waals surface area contributed by atoms with Gasteiger partial charge in [0, 0.05) is 64.2 Å². The summed E-state index contributed by atoms with van der Waals surface area (Å²) >= 11 is 3.49. The fourth-order valence-corrected chi connectivity index (χ4v) is 9.31. The summed E-state index contributed by atoms with van der Waals surface area (Å²) in [5.41, 5.74) is 0. The molecule has 338 valence electrons. The van der Waals surface area contributed by atoms with Crippen LogP contribution in [0, 0.1) is 0 Å². The molecule has 1 N–H and O–H groups in total. The van der Waals surface area contributed by atoms with Crippen LogP contribution >= 0.6 is 15.9 Å². The second kappa shape index (κ2) is 43.7. The van der Waals surface area contributed by atoms with Crippen molar-refractivity contribution in [1.29, 1.82) is 0 Å². The summed E-state index contributed by atoms with van der Waals surface area (Å²) in [6, 6.07) is 0. The molecule has 0 amide bonds. The largest absolute Gasteiger partial charge is 1.00 e. The number of nitrogens with one attached hydrogen (secondary N) is 1. The number of guanidine groups is 2. The molecule has 0 aliphatic carbocycles. The number of fused-ring (bicyclic) bond motifs is 2. The fourth-order valence-electron chi connectivity index (χ4n) is 8.92. The number of nitrogens with zero attached hydrogens (tertiary/aromatic N) is 5. The topological polar surface area (TPSA) is 46.5 Å². The maximum absolute atomic E-state index is 4.79. The van der Waals surface area contributed by atoms with Crippen LogP contribution in [0.1, 0.15) is 246 Å². The van der Waals surface area contributed by atoms with E-state index in [0.29, 0.717) is 0 Å². The summed E-state index contributed by atoms with van der Waals surface area (Å²) in [5.74, 6) is 2.45. The zero-order chi connectivity index (χ0) is 40.5. The van der Waals surface area contributed by atoms with Crippen LogP contribution in [0.25, 0.3) is 0 Å². The number of halogens is 1. The van der Waals surface area contributed by atoms with Crippen molar-refractivity contribution in [2.45, 2.75) is 245 Å². The fraction of sp³-hybridized carbons (Fsp3) is 0.960. The summed E-state index contributed by atoms with van der Waals surface area (Å²) in [6.45, 7) is 15.1. The number of rotatable bonds is 33. The molecule has 4 aliphatic heterocycles. The molecule has 0 bridgehead atoms. The van der Waals surface area contributed by atoms with E-state index in [-0.39, 0.29) is 31.0 Å². The van der Waals surface area contributed by atoms with Crippen LogP contribution in [0.3, 0.4) is 0 Å². The molecule has 4 aliphatic rings. The van der Waals surface area contributed by atoms with Crippen molar-refractivity contribution in [2.75, 3.05) is 64.2 Å². The Morgan fingerprint density at radius 1 is 0.448 bits per heavy atom. The van der Waals surface area contributed by atoms with Gasteiger partial charge >= 0.3 is 29.6 Å². The predicted molar refractivity (Wildman–Crippen MR) is 260 cm³/mol. The van der Waals surface area contributed by atoms with Crippen LogP contribution < -0.4 is 34.9 Å². The number of hydrogen-bond acceptors (Lipinski definition) is 6. The smallest absolute Gasteiger partial charge is 1.00 e. The number of unbranched alkanes of at least 4 members (excludes halogenated alkanes) is 30. The van der Waals surface area contributed by atoms with Gasteiger partial charge in [0.2, 0.25) is 0 Å². The third-order valence-electron chi connectivity index (χ3n) is 12.6. The van der Waals surface area contributed by atoms with Gasteiger partial charge in [0.1, 0.15) is 0 Å². The quantitative estimate of drug-likeness (QED) is 0.0405. The van der Waals surface area contributed by atoms with Gasteiger partial charge in [-0.2, -0.15) is 0 Å². The van der Waals surface area contributed by atoms with Crippen LogP contribution in [-0.4, -0.2) is 90.9 Å². The van der Waals surface area contributed by atoms with Gasteiger partial charge in [-0.25, -0.2) is 0 Å². The van der Waals surface area contributed by atoms with E-state index >= 15 is 0 Å². The van der Waals surface area contributed by atoms with Gasteiger partial charge in [0.25, 0.3) is 0 Å². The third-order valence-corrected chi connectivity index (χ3v) is 13.1. The molecule has 2 fully saturated rings. The average Bonchev–Trinajstić information content (AvgIpc) is 3.25. The maximum atomic E-state index is 4.79. The van der Waals surface area contributed by atoms with Crippen molar-refractivity contribution in [3.05, 3.63) is 0 Å². The molecule has 6 nitrogen and oxygen atoms in total. The molecule has 0 unspecified atom stereocenters. The molecule has 0 aromatic heterocycles. The first kappa shape index (κ1) is 56.0. The SMILES string of the molecule is C1CN=C2NCCCN2C1.CCCCCCCCCCCCCCCCCCBr.CCCCCCCCCCCCCCCCCCN1CCCN2CCCN=C12.[H-].[Na+]. The van der Waals surface area contributed by atoms with Gasteiger partial charge < -0.3 is 21.4 Å². The molecular formula is C50H100BrN6Na. The standard InChI is InChI=1S/C25H49N3.C18H37Br.C7H13N3.Na.H/c1-2-3-4-5-6-7-8-9-10-11-12-13-14-15-16-17-21-27-23-19-24-28-22-18-20-26-25(27)28;1-2-3-4-5-6-7-8-9-10-11-12-13-14-15-16-17-18-19;1-3-8-7-9-4-2-6-10(7)5-1;;/h2-24H2,1H3;2-18H2,1H3;1-6H2,(H,8,9);;/q;;;+1;-1. The van der Waals surface area contributed by atoms with Crippen LogP contribution in [0.5, 0.6) is 0 Å². The van der Waals surface area contributed by atoms with Crippen LogP contribution in [0.15, 0.2) is 9.98 Å². The van der Waals surface area contributed by atoms with Crippen LogP contribution in [0.4, 0.5) is 0 Å². The Hall–Kier alpha value is 0.0200. The van der Waals surface area contributed by atoms with Gasteiger partial charge in [-0.1, -0.05) is 222 Å². The van der Waals surface area contributed by atoms with Crippen molar-refractivity contribution in [3.63, 3.8) is 0 Å². The minimum absolute atomic E-state index is 0. The third kappa shape index (κ3) is 31.8. The molecule has 0 radical (unpaired) electrons. The molecule has 0 aromatic rings. The van der Waals surface area contributed by atoms with E-state index in [9.17, 15) is 0 Å². The van der Waals surface area contributed by atoms with E-state index in [1.165, 1.54) is 282 Å². The Kier molecular flexibility index (Phi) is 42.2. The van der Waals surface area contributed by atoms with Crippen molar-refractivity contribution < 1.29 is 31.0 Å². The number of aliphatic imine (C=N–C) groups is 2. The minimum atomic E-state index is 0. The zero-order valence-electron chi connectivity index (χ0n) is 40.6. The molecular weight excluding hydrogens is 787 g/mol. The molecule has 8 heteroatoms. The maximum Gasteiger partial charge on any atom is 1.00 e. The van der Waals surface area contributed by atoms with E-state index in [1.807, 2.05) is 0 Å². The van der Waals surface area contributed by atoms with Gasteiger partial charge in [0.15, 0.2) is 11.9 Å². The van der Waals surface area contributed by atoms with E-state index in [4.69, 9.17) is 4.99 Å². The number of hydrogen-bond donors (Lipinski definition) is 1. The molecule has 0 aromatic carbocycles. The Balaban J connectivity index is 0.000000934. The molecule has 4 heterocycles. The van der Waals surface area contributed by atoms with Crippen molar-refractivity contribution in [3.8, 4) is 0 Å². The number of alkyl halides is 1. The molecule has 0 atom stereocenters. The first-order valence-corrected chi connectivity index (χ1v) is 27.1. The normalized spacial score (nSPS) is 16.1. The molecule has 2 saturated heterocycles. The summed E-state index contributed by atoms with van der Waals surface area (Å²) in [4.78, 5) is 16.6. The molecule has 58 heavy (non-hydrogen) atoms. The molecule has 4 rings (SSSR count). The summed E-state index contributed by atoms with van der Waals surface area (Å²) < 4.78 is 0. The van der Waals surface area contributed by atoms with Gasteiger partial charge in [-0.05, 0) is 38.5 Å². The first-order chi connectivity index (χ1) is 28.3. The van der Waals surface area contributed by atoms with Crippen molar-refractivity contribution in [1.82, 2.24) is 20.0 Å². The van der Waals surface area contributed by atoms with E-state index < -0.39 is 0 Å². The second-order valence-corrected chi connectivity index (χ2v) is 18.8. The van der Waals surface area contributed by atoms with Gasteiger partial charge in [-0.15, -0.1) is 0 Å². The Morgan fingerprint density at radius 2 is 0.828 bits per heavy atom. The summed E-state index contributed by atoms with van der Waals surface area (Å²) in [5, 5.41) is 4.48. The first-order valence-electron chi connectivity index (χ1n) is 25.9. The van der Waals surface area contributed by atoms with E-state index in [0.717, 1.165) is 25.6 Å². The van der Waals surface area contributed by atoms with Gasteiger partial charge in [-0.3, -0.25) is 9.98 Å². The van der Waals surface area contributed by atoms with E-state index in [2.05, 4.69) is 54.8 Å². The molecule has 0 saturated carbocycles.